The van der Waals surface area contributed by atoms with Crippen molar-refractivity contribution in [2.75, 3.05) is 19.6 Å². The second-order valence-corrected chi connectivity index (χ2v) is 6.80. The van der Waals surface area contributed by atoms with Crippen molar-refractivity contribution in [2.45, 2.75) is 32.4 Å². The first kappa shape index (κ1) is 12.9. The van der Waals surface area contributed by atoms with Gasteiger partial charge in [0.05, 0.1) is 5.25 Å². The van der Waals surface area contributed by atoms with E-state index in [1.165, 1.54) is 0 Å². The molecule has 1 saturated heterocycles. The molecule has 0 radical (unpaired) electrons. The molecule has 0 amide bonds. The molecule has 0 saturated carbocycles. The number of nitrogens with two attached hydrogens (primary N) is 1. The molecule has 1 aliphatic rings. The summed E-state index contributed by atoms with van der Waals surface area (Å²) < 4.78 is 25.9. The van der Waals surface area contributed by atoms with Crippen LogP contribution in [0, 0.1) is 11.8 Å². The third-order valence-electron chi connectivity index (χ3n) is 3.45. The number of hydrogen-bond donors (Lipinski definition) is 1. The summed E-state index contributed by atoms with van der Waals surface area (Å²) >= 11 is 0. The smallest absolute Gasteiger partial charge is 0.218 e. The highest BCUT2D eigenvalue weighted by Gasteiger charge is 2.37. The fourth-order valence-corrected chi connectivity index (χ4v) is 3.97. The van der Waals surface area contributed by atoms with Crippen LogP contribution in [0.2, 0.25) is 0 Å². The van der Waals surface area contributed by atoms with Crippen LogP contribution < -0.4 is 5.73 Å². The maximum atomic E-state index is 12.1. The monoisotopic (exact) mass is 234 g/mol. The number of nitrogens with zero attached hydrogens (tertiary/aromatic N) is 1. The molecule has 90 valence electrons. The first-order valence-electron chi connectivity index (χ1n) is 5.62. The van der Waals surface area contributed by atoms with Crippen LogP contribution in [0.4, 0.5) is 0 Å². The molecule has 0 bridgehead atoms. The molecule has 0 aliphatic carbocycles. The summed E-state index contributed by atoms with van der Waals surface area (Å²) in [6.07, 6.45) is 0.595. The molecule has 1 aliphatic heterocycles. The van der Waals surface area contributed by atoms with Gasteiger partial charge in [0, 0.05) is 19.6 Å². The minimum atomic E-state index is -3.16. The van der Waals surface area contributed by atoms with Gasteiger partial charge >= 0.3 is 0 Å². The Morgan fingerprint density at radius 3 is 2.13 bits per heavy atom. The fraction of sp³-hybridized carbons (Fsp3) is 1.00. The van der Waals surface area contributed by atoms with E-state index in [4.69, 9.17) is 5.73 Å². The lowest BCUT2D eigenvalue weighted by Crippen LogP contribution is -2.41. The van der Waals surface area contributed by atoms with Crippen molar-refractivity contribution in [1.29, 1.82) is 0 Å². The Kier molecular flexibility index (Phi) is 4.14. The zero-order valence-electron chi connectivity index (χ0n) is 9.81. The van der Waals surface area contributed by atoms with Gasteiger partial charge in [0.25, 0.3) is 0 Å². The van der Waals surface area contributed by atoms with E-state index in [0.29, 0.717) is 31.3 Å². The van der Waals surface area contributed by atoms with Gasteiger partial charge in [-0.25, -0.2) is 12.7 Å². The highest BCUT2D eigenvalue weighted by Crippen LogP contribution is 2.26. The molecule has 0 spiro atoms. The quantitative estimate of drug-likeness (QED) is 0.776. The first-order valence-corrected chi connectivity index (χ1v) is 7.12. The van der Waals surface area contributed by atoms with Crippen molar-refractivity contribution in [3.8, 4) is 0 Å². The Hall–Kier alpha value is -0.130. The van der Waals surface area contributed by atoms with Crippen molar-refractivity contribution >= 4 is 10.0 Å². The largest absolute Gasteiger partial charge is 0.329 e. The Balaban J connectivity index is 2.79. The third-order valence-corrected chi connectivity index (χ3v) is 5.84. The molecule has 3 unspecified atom stereocenters. The predicted octanol–water partition coefficient (Wildman–Crippen LogP) is 0.641. The average molecular weight is 234 g/mol. The summed E-state index contributed by atoms with van der Waals surface area (Å²) in [6.45, 7) is 7.60. The van der Waals surface area contributed by atoms with E-state index in [9.17, 15) is 8.42 Å². The van der Waals surface area contributed by atoms with Gasteiger partial charge in [-0.2, -0.15) is 0 Å². The van der Waals surface area contributed by atoms with Gasteiger partial charge in [0.15, 0.2) is 0 Å². The summed E-state index contributed by atoms with van der Waals surface area (Å²) in [5.74, 6) is 0.908. The normalized spacial score (nSPS) is 30.7. The van der Waals surface area contributed by atoms with Gasteiger partial charge in [0.2, 0.25) is 10.0 Å². The highest BCUT2D eigenvalue weighted by molar-refractivity contribution is 7.89. The van der Waals surface area contributed by atoms with E-state index in [1.54, 1.807) is 4.31 Å². The molecule has 0 aromatic carbocycles. The van der Waals surface area contributed by atoms with E-state index in [1.807, 2.05) is 6.92 Å². The molecular weight excluding hydrogens is 212 g/mol. The van der Waals surface area contributed by atoms with Crippen LogP contribution in [-0.2, 0) is 10.0 Å². The predicted molar refractivity (Wildman–Crippen MR) is 62.0 cm³/mol. The van der Waals surface area contributed by atoms with E-state index in [2.05, 4.69) is 13.8 Å². The highest BCUT2D eigenvalue weighted by atomic mass is 32.2. The fourth-order valence-electron chi connectivity index (χ4n) is 1.99. The standard InChI is InChI=1S/C10H22N2O2S/c1-4-10(5-11)15(13,14)12-6-8(2)9(3)7-12/h8-10H,4-7,11H2,1-3H3. The van der Waals surface area contributed by atoms with Crippen LogP contribution in [0.15, 0.2) is 0 Å². The Bertz CT molecular complexity index is 289. The maximum Gasteiger partial charge on any atom is 0.218 e. The summed E-state index contributed by atoms with van der Waals surface area (Å²) in [6, 6.07) is 0. The second-order valence-electron chi connectivity index (χ2n) is 4.58. The van der Waals surface area contributed by atoms with Crippen molar-refractivity contribution in [2.24, 2.45) is 17.6 Å². The van der Waals surface area contributed by atoms with Gasteiger partial charge in [0.1, 0.15) is 0 Å². The van der Waals surface area contributed by atoms with Gasteiger partial charge in [-0.15, -0.1) is 0 Å². The molecule has 5 heteroatoms. The summed E-state index contributed by atoms with van der Waals surface area (Å²) in [5, 5.41) is -0.407. The third kappa shape index (κ3) is 2.52. The number of sulfonamides is 1. The average Bonchev–Trinajstić information content (AvgIpc) is 2.49. The lowest BCUT2D eigenvalue weighted by molar-refractivity contribution is 0.450. The van der Waals surface area contributed by atoms with Crippen LogP contribution >= 0.6 is 0 Å². The lowest BCUT2D eigenvalue weighted by atomic mass is 10.0. The SMILES string of the molecule is CCC(CN)S(=O)(=O)N1CC(C)C(C)C1. The molecule has 1 rings (SSSR count). The Labute approximate surface area is 92.9 Å². The molecule has 0 aromatic heterocycles. The summed E-state index contributed by atoms with van der Waals surface area (Å²) in [7, 11) is -3.16. The van der Waals surface area contributed by atoms with Crippen LogP contribution in [0.5, 0.6) is 0 Å². The minimum Gasteiger partial charge on any atom is -0.329 e. The zero-order valence-corrected chi connectivity index (χ0v) is 10.6. The van der Waals surface area contributed by atoms with E-state index < -0.39 is 15.3 Å². The molecule has 0 aromatic rings. The Morgan fingerprint density at radius 1 is 1.33 bits per heavy atom. The summed E-state index contributed by atoms with van der Waals surface area (Å²) in [5.41, 5.74) is 5.50. The molecular formula is C10H22N2O2S. The van der Waals surface area contributed by atoms with Gasteiger partial charge in [-0.1, -0.05) is 20.8 Å². The van der Waals surface area contributed by atoms with Gasteiger partial charge in [-0.3, -0.25) is 0 Å². The molecule has 1 fully saturated rings. The van der Waals surface area contributed by atoms with E-state index in [0.717, 1.165) is 0 Å². The van der Waals surface area contributed by atoms with Crippen LogP contribution in [-0.4, -0.2) is 37.6 Å². The van der Waals surface area contributed by atoms with Crippen LogP contribution in [0.3, 0.4) is 0 Å². The van der Waals surface area contributed by atoms with Gasteiger partial charge in [-0.05, 0) is 18.3 Å². The lowest BCUT2D eigenvalue weighted by Gasteiger charge is -2.22. The first-order chi connectivity index (χ1) is 6.93. The molecule has 3 atom stereocenters. The summed E-state index contributed by atoms with van der Waals surface area (Å²) in [4.78, 5) is 0. The van der Waals surface area contributed by atoms with Crippen molar-refractivity contribution < 1.29 is 8.42 Å². The number of hydrogen-bond acceptors (Lipinski definition) is 3. The number of rotatable bonds is 4. The van der Waals surface area contributed by atoms with Crippen molar-refractivity contribution in [1.82, 2.24) is 4.31 Å². The topological polar surface area (TPSA) is 63.4 Å². The Morgan fingerprint density at radius 2 is 1.80 bits per heavy atom. The minimum absolute atomic E-state index is 0.220. The maximum absolute atomic E-state index is 12.1. The van der Waals surface area contributed by atoms with Crippen molar-refractivity contribution in [3.63, 3.8) is 0 Å². The molecule has 4 nitrogen and oxygen atoms in total. The molecule has 1 heterocycles. The second kappa shape index (κ2) is 4.80. The van der Waals surface area contributed by atoms with E-state index in [-0.39, 0.29) is 6.54 Å². The van der Waals surface area contributed by atoms with Gasteiger partial charge < -0.3 is 5.73 Å². The zero-order chi connectivity index (χ0) is 11.6. The van der Waals surface area contributed by atoms with Crippen molar-refractivity contribution in [3.05, 3.63) is 0 Å². The molecule has 2 N–H and O–H groups in total. The van der Waals surface area contributed by atoms with Crippen LogP contribution in [0.1, 0.15) is 27.2 Å². The van der Waals surface area contributed by atoms with E-state index >= 15 is 0 Å². The van der Waals surface area contributed by atoms with Crippen LogP contribution in [0.25, 0.3) is 0 Å². The molecule has 15 heavy (non-hydrogen) atoms.